The molecule has 0 unspecified atom stereocenters. The Labute approximate surface area is 266 Å². The van der Waals surface area contributed by atoms with Crippen LogP contribution in [-0.2, 0) is 23.0 Å². The van der Waals surface area contributed by atoms with Crippen LogP contribution >= 0.6 is 11.3 Å². The van der Waals surface area contributed by atoms with E-state index in [1.54, 1.807) is 11.3 Å². The topological polar surface area (TPSA) is 141 Å². The Balaban J connectivity index is 1.22. The highest BCUT2D eigenvalue weighted by Gasteiger charge is 2.49. The van der Waals surface area contributed by atoms with E-state index in [1.165, 1.54) is 4.88 Å². The summed E-state index contributed by atoms with van der Waals surface area (Å²) in [5, 5.41) is 20.2. The number of likely N-dealkylation sites (tertiary alicyclic amines) is 1. The van der Waals surface area contributed by atoms with Crippen molar-refractivity contribution in [3.8, 4) is 34.9 Å². The smallest absolute Gasteiger partial charge is 0.217 e. The lowest BCUT2D eigenvalue weighted by molar-refractivity contribution is 0.117. The zero-order chi connectivity index (χ0) is 30.7. The lowest BCUT2D eigenvalue weighted by atomic mass is 9.63. The molecule has 0 radical (unpaired) electrons. The van der Waals surface area contributed by atoms with Crippen LogP contribution in [0, 0.1) is 11.3 Å². The Morgan fingerprint density at radius 3 is 2.82 bits per heavy atom. The molecule has 4 aromatic rings. The number of nitrogen functional groups attached to an aromatic ring is 1. The minimum Gasteiger partial charge on any atom is -0.473 e. The van der Waals surface area contributed by atoms with Gasteiger partial charge in [-0.2, -0.15) is 15.3 Å². The first-order valence-electron chi connectivity index (χ1n) is 16.2. The van der Waals surface area contributed by atoms with Gasteiger partial charge in [0.25, 0.3) is 0 Å². The molecule has 12 heteroatoms. The van der Waals surface area contributed by atoms with Crippen molar-refractivity contribution in [3.05, 3.63) is 45.7 Å². The second-order valence-electron chi connectivity index (χ2n) is 13.0. The quantitative estimate of drug-likeness (QED) is 0.300. The number of anilines is 1. The predicted octanol–water partition coefficient (Wildman–Crippen LogP) is 5.29. The molecule has 2 aliphatic heterocycles. The average Bonchev–Trinajstić information content (AvgIpc) is 3.87. The second kappa shape index (κ2) is 11.2. The van der Waals surface area contributed by atoms with E-state index in [0.717, 1.165) is 93.5 Å². The average molecular weight is 627 g/mol. The van der Waals surface area contributed by atoms with E-state index >= 15 is 0 Å². The summed E-state index contributed by atoms with van der Waals surface area (Å²) in [6.07, 6.45) is 10.6. The van der Waals surface area contributed by atoms with Crippen molar-refractivity contribution in [2.75, 3.05) is 32.5 Å². The molecule has 4 atom stereocenters. The molecule has 1 spiro atoms. The second-order valence-corrected chi connectivity index (χ2v) is 14.1. The fourth-order valence-electron chi connectivity index (χ4n) is 8.15. The molecule has 4 aliphatic rings. The third-order valence-corrected chi connectivity index (χ3v) is 11.4. The number of ether oxygens (including phenoxy) is 2. The van der Waals surface area contributed by atoms with E-state index in [0.29, 0.717) is 46.3 Å². The Morgan fingerprint density at radius 1 is 1.18 bits per heavy atom. The van der Waals surface area contributed by atoms with E-state index < -0.39 is 5.41 Å². The molecule has 45 heavy (non-hydrogen) atoms. The molecule has 11 nitrogen and oxygen atoms in total. The summed E-state index contributed by atoms with van der Waals surface area (Å²) in [7, 11) is 2.15. The first-order chi connectivity index (χ1) is 21.9. The van der Waals surface area contributed by atoms with Crippen molar-refractivity contribution in [1.82, 2.24) is 29.8 Å². The molecule has 4 aromatic heterocycles. The molecule has 2 fully saturated rings. The van der Waals surface area contributed by atoms with E-state index in [-0.39, 0.29) is 12.1 Å². The highest BCUT2D eigenvalue weighted by molar-refractivity contribution is 7.16. The van der Waals surface area contributed by atoms with Crippen molar-refractivity contribution in [2.24, 2.45) is 0 Å². The Morgan fingerprint density at radius 2 is 2.04 bits per heavy atom. The van der Waals surface area contributed by atoms with Crippen LogP contribution in [-0.4, -0.2) is 68.8 Å². The van der Waals surface area contributed by atoms with Crippen LogP contribution in [0.4, 0.5) is 5.00 Å². The maximum atomic E-state index is 10.1. The van der Waals surface area contributed by atoms with Crippen molar-refractivity contribution in [3.63, 3.8) is 0 Å². The van der Waals surface area contributed by atoms with Crippen molar-refractivity contribution in [2.45, 2.75) is 88.3 Å². The van der Waals surface area contributed by atoms with E-state index in [4.69, 9.17) is 34.8 Å². The van der Waals surface area contributed by atoms with Crippen LogP contribution in [0.15, 0.2) is 22.9 Å². The Bertz CT molecular complexity index is 1780. The van der Waals surface area contributed by atoms with Gasteiger partial charge in [0.05, 0.1) is 29.3 Å². The number of hydrogen-bond acceptors (Lipinski definition) is 11. The van der Waals surface area contributed by atoms with E-state index in [2.05, 4.69) is 30.1 Å². The fraction of sp³-hybridized carbons (Fsp3) is 0.545. The summed E-state index contributed by atoms with van der Waals surface area (Å²) >= 11 is 1.55. The van der Waals surface area contributed by atoms with E-state index in [1.807, 2.05) is 23.0 Å². The van der Waals surface area contributed by atoms with Crippen molar-refractivity contribution >= 4 is 16.3 Å². The number of aromatic nitrogens is 5. The molecule has 2 saturated heterocycles. The molecule has 6 heterocycles. The Kier molecular flexibility index (Phi) is 7.15. The molecular weight excluding hydrogens is 588 g/mol. The van der Waals surface area contributed by atoms with Gasteiger partial charge >= 0.3 is 0 Å². The van der Waals surface area contributed by atoms with Gasteiger partial charge < -0.3 is 19.7 Å². The summed E-state index contributed by atoms with van der Waals surface area (Å²) in [4.78, 5) is 13.5. The third-order valence-electron chi connectivity index (χ3n) is 10.3. The number of nitrogens with two attached hydrogens (primary N) is 1. The number of nitriles is 1. The van der Waals surface area contributed by atoms with Crippen LogP contribution in [0.5, 0.6) is 5.88 Å². The number of hydrogen-bond donors (Lipinski definition) is 1. The number of aryl methyl sites for hydroxylation is 1. The number of nitrogens with zero attached hydrogens (tertiary/aromatic N) is 7. The predicted molar refractivity (Wildman–Crippen MR) is 169 cm³/mol. The summed E-state index contributed by atoms with van der Waals surface area (Å²) in [5.74, 6) is 1.81. The van der Waals surface area contributed by atoms with Crippen molar-refractivity contribution < 1.29 is 14.0 Å². The molecular formula is C33H38N8O3S. The van der Waals surface area contributed by atoms with Gasteiger partial charge in [-0.05, 0) is 89.9 Å². The maximum Gasteiger partial charge on any atom is 0.217 e. The lowest BCUT2D eigenvalue weighted by Crippen LogP contribution is -2.38. The van der Waals surface area contributed by atoms with Crippen LogP contribution in [0.1, 0.15) is 85.2 Å². The first kappa shape index (κ1) is 28.7. The summed E-state index contributed by atoms with van der Waals surface area (Å²) in [5.41, 5.74) is 10.7. The van der Waals surface area contributed by atoms with Crippen LogP contribution in [0.2, 0.25) is 0 Å². The van der Waals surface area contributed by atoms with Gasteiger partial charge in [-0.1, -0.05) is 5.16 Å². The fourth-order valence-corrected chi connectivity index (χ4v) is 9.31. The number of thiophene rings is 1. The van der Waals surface area contributed by atoms with Gasteiger partial charge in [-0.15, -0.1) is 11.3 Å². The minimum absolute atomic E-state index is 0.0510. The normalized spacial score (nSPS) is 25.3. The standard InChI is InChI=1S/C33H38N8O3S/c1-19(25-7-5-13-40(25)2)43-27-16-24(23-9-14-41(38-23)20-10-15-42-18-20)36-32(37-27)29-21-6-3-11-33(30(21)44-39-29)12-4-8-26-28(33)22(17-34)31(35)45-26/h9,14,16,19-20,25H,3-8,10-13,15,18,35H2,1-2H3/t19-,20-,25-,33-/m0/s1. The number of fused-ring (bicyclic) bond motifs is 4. The van der Waals surface area contributed by atoms with E-state index in [9.17, 15) is 5.26 Å². The highest BCUT2D eigenvalue weighted by Crippen LogP contribution is 2.55. The summed E-state index contributed by atoms with van der Waals surface area (Å²) in [6, 6.07) is 6.83. The molecule has 0 amide bonds. The molecule has 0 saturated carbocycles. The van der Waals surface area contributed by atoms with Gasteiger partial charge in [-0.3, -0.25) is 9.58 Å². The molecule has 234 valence electrons. The third kappa shape index (κ3) is 4.75. The van der Waals surface area contributed by atoms with Crippen molar-refractivity contribution in [1.29, 1.82) is 5.26 Å². The summed E-state index contributed by atoms with van der Waals surface area (Å²) < 4.78 is 20.4. The van der Waals surface area contributed by atoms with Gasteiger partial charge in [0.2, 0.25) is 5.88 Å². The zero-order valence-electron chi connectivity index (χ0n) is 25.8. The minimum atomic E-state index is -0.410. The SMILES string of the molecule is C[C@H](Oc1cc(-c2ccn([C@H]3CCOC3)n2)nc(-c2noc3c2CCC[C@@]32CCCc3sc(N)c(C#N)c32)n1)[C@@H]1CCCN1C. The van der Waals surface area contributed by atoms with Gasteiger partial charge in [-0.25, -0.2) is 4.98 Å². The van der Waals surface area contributed by atoms with Gasteiger partial charge in [0.15, 0.2) is 17.3 Å². The molecule has 0 aromatic carbocycles. The monoisotopic (exact) mass is 626 g/mol. The highest BCUT2D eigenvalue weighted by atomic mass is 32.1. The molecule has 2 N–H and O–H groups in total. The summed E-state index contributed by atoms with van der Waals surface area (Å²) in [6.45, 7) is 4.59. The van der Waals surface area contributed by atoms with Crippen LogP contribution in [0.25, 0.3) is 22.9 Å². The molecule has 2 aliphatic carbocycles. The molecule has 0 bridgehead atoms. The van der Waals surface area contributed by atoms with Crippen LogP contribution in [0.3, 0.4) is 0 Å². The zero-order valence-corrected chi connectivity index (χ0v) is 26.6. The lowest BCUT2D eigenvalue weighted by Gasteiger charge is -2.39. The maximum absolute atomic E-state index is 10.1. The van der Waals surface area contributed by atoms with Crippen LogP contribution < -0.4 is 10.5 Å². The van der Waals surface area contributed by atoms with Gasteiger partial charge in [0, 0.05) is 35.4 Å². The Hall–Kier alpha value is -3.79. The van der Waals surface area contributed by atoms with Gasteiger partial charge in [0.1, 0.15) is 22.9 Å². The number of likely N-dealkylation sites (N-methyl/N-ethyl adjacent to an activating group) is 1. The largest absolute Gasteiger partial charge is 0.473 e. The molecule has 8 rings (SSSR count). The number of rotatable bonds is 6. The first-order valence-corrected chi connectivity index (χ1v) is 17.0.